The number of aliphatic carboxylic acids is 1. The van der Waals surface area contributed by atoms with Gasteiger partial charge in [0.2, 0.25) is 0 Å². The predicted molar refractivity (Wildman–Crippen MR) is 90.5 cm³/mol. The minimum Gasteiger partial charge on any atom is -0.481 e. The van der Waals surface area contributed by atoms with Crippen LogP contribution in [0.4, 0.5) is 0 Å². The van der Waals surface area contributed by atoms with E-state index in [9.17, 15) is 9.90 Å². The van der Waals surface area contributed by atoms with Gasteiger partial charge in [-0.2, -0.15) is 0 Å². The van der Waals surface area contributed by atoms with Gasteiger partial charge in [0.05, 0.1) is 5.92 Å². The standard InChI is InChI=1S/C20H24O2/c1-13(2)17-8-6-16(7-9-17)12-19(20(21)22)18-10-5-14(3)11-15(18)4/h5-11,13,19H,12H2,1-4H3,(H,21,22). The molecule has 0 amide bonds. The van der Waals surface area contributed by atoms with E-state index in [1.54, 1.807) is 0 Å². The van der Waals surface area contributed by atoms with Crippen LogP contribution in [0.25, 0.3) is 0 Å². The molecule has 0 bridgehead atoms. The van der Waals surface area contributed by atoms with Crippen LogP contribution in [0.5, 0.6) is 0 Å². The number of aryl methyl sites for hydroxylation is 2. The first-order chi connectivity index (χ1) is 10.4. The Morgan fingerprint density at radius 3 is 2.18 bits per heavy atom. The maximum absolute atomic E-state index is 11.7. The van der Waals surface area contributed by atoms with E-state index in [0.717, 1.165) is 22.3 Å². The molecular weight excluding hydrogens is 272 g/mol. The molecule has 0 aromatic heterocycles. The summed E-state index contributed by atoms with van der Waals surface area (Å²) in [6.07, 6.45) is 0.525. The van der Waals surface area contributed by atoms with E-state index in [4.69, 9.17) is 0 Å². The van der Waals surface area contributed by atoms with Gasteiger partial charge < -0.3 is 5.11 Å². The summed E-state index contributed by atoms with van der Waals surface area (Å²) in [6.45, 7) is 8.33. The van der Waals surface area contributed by atoms with E-state index in [2.05, 4.69) is 38.1 Å². The maximum atomic E-state index is 11.7. The van der Waals surface area contributed by atoms with Crippen LogP contribution in [0.1, 0.15) is 53.5 Å². The van der Waals surface area contributed by atoms with Gasteiger partial charge in [-0.1, -0.05) is 61.9 Å². The fourth-order valence-corrected chi connectivity index (χ4v) is 2.82. The van der Waals surface area contributed by atoms with Crippen molar-refractivity contribution in [2.45, 2.75) is 46.0 Å². The van der Waals surface area contributed by atoms with Crippen LogP contribution in [0.3, 0.4) is 0 Å². The van der Waals surface area contributed by atoms with Crippen LogP contribution in [0.2, 0.25) is 0 Å². The smallest absolute Gasteiger partial charge is 0.311 e. The van der Waals surface area contributed by atoms with Gasteiger partial charge in [0.1, 0.15) is 0 Å². The highest BCUT2D eigenvalue weighted by atomic mass is 16.4. The minimum absolute atomic E-state index is 0.490. The van der Waals surface area contributed by atoms with Crippen LogP contribution in [0, 0.1) is 13.8 Å². The molecule has 0 aliphatic rings. The van der Waals surface area contributed by atoms with E-state index >= 15 is 0 Å². The third kappa shape index (κ3) is 3.76. The lowest BCUT2D eigenvalue weighted by molar-refractivity contribution is -0.138. The van der Waals surface area contributed by atoms with Crippen molar-refractivity contribution in [1.29, 1.82) is 0 Å². The first kappa shape index (κ1) is 16.3. The molecule has 2 rings (SSSR count). The van der Waals surface area contributed by atoms with E-state index in [-0.39, 0.29) is 0 Å². The van der Waals surface area contributed by atoms with Crippen molar-refractivity contribution < 1.29 is 9.90 Å². The van der Waals surface area contributed by atoms with Crippen LogP contribution >= 0.6 is 0 Å². The minimum atomic E-state index is -0.764. The first-order valence-electron chi connectivity index (χ1n) is 7.77. The monoisotopic (exact) mass is 296 g/mol. The maximum Gasteiger partial charge on any atom is 0.311 e. The molecule has 1 atom stereocenters. The molecule has 22 heavy (non-hydrogen) atoms. The van der Waals surface area contributed by atoms with Crippen molar-refractivity contribution in [3.8, 4) is 0 Å². The van der Waals surface area contributed by atoms with Crippen molar-refractivity contribution >= 4 is 5.97 Å². The molecule has 0 fully saturated rings. The van der Waals surface area contributed by atoms with Crippen molar-refractivity contribution in [3.63, 3.8) is 0 Å². The van der Waals surface area contributed by atoms with Crippen molar-refractivity contribution in [3.05, 3.63) is 70.3 Å². The van der Waals surface area contributed by atoms with E-state index < -0.39 is 11.9 Å². The summed E-state index contributed by atoms with van der Waals surface area (Å²) in [5.41, 5.74) is 5.46. The van der Waals surface area contributed by atoms with Gasteiger partial charge in [0.15, 0.2) is 0 Å². The quantitative estimate of drug-likeness (QED) is 0.857. The molecule has 0 heterocycles. The molecule has 2 nitrogen and oxygen atoms in total. The topological polar surface area (TPSA) is 37.3 Å². The largest absolute Gasteiger partial charge is 0.481 e. The molecule has 0 aliphatic heterocycles. The number of hydrogen-bond acceptors (Lipinski definition) is 1. The molecule has 0 radical (unpaired) electrons. The second-order valence-corrected chi connectivity index (χ2v) is 6.35. The Balaban J connectivity index is 2.27. The number of hydrogen-bond donors (Lipinski definition) is 1. The summed E-state index contributed by atoms with van der Waals surface area (Å²) >= 11 is 0. The molecule has 0 saturated heterocycles. The van der Waals surface area contributed by atoms with Crippen LogP contribution in [-0.2, 0) is 11.2 Å². The normalized spacial score (nSPS) is 12.4. The average molecular weight is 296 g/mol. The summed E-state index contributed by atoms with van der Waals surface area (Å²) < 4.78 is 0. The van der Waals surface area contributed by atoms with Gasteiger partial charge >= 0.3 is 5.97 Å². The highest BCUT2D eigenvalue weighted by Crippen LogP contribution is 2.26. The number of carboxylic acid groups (broad SMARTS) is 1. The van der Waals surface area contributed by atoms with Crippen LogP contribution in [-0.4, -0.2) is 11.1 Å². The van der Waals surface area contributed by atoms with Gasteiger partial charge in [-0.3, -0.25) is 4.79 Å². The molecule has 116 valence electrons. The van der Waals surface area contributed by atoms with Crippen molar-refractivity contribution in [2.24, 2.45) is 0 Å². The molecule has 0 spiro atoms. The van der Waals surface area contributed by atoms with Gasteiger partial charge in [-0.25, -0.2) is 0 Å². The number of benzene rings is 2. The Morgan fingerprint density at radius 2 is 1.68 bits per heavy atom. The highest BCUT2D eigenvalue weighted by molar-refractivity contribution is 5.77. The van der Waals surface area contributed by atoms with Crippen molar-refractivity contribution in [1.82, 2.24) is 0 Å². The molecule has 1 unspecified atom stereocenters. The number of carbonyl (C=O) groups is 1. The van der Waals surface area contributed by atoms with E-state index in [1.165, 1.54) is 5.56 Å². The Labute approximate surface area is 132 Å². The molecule has 0 aliphatic carbocycles. The second-order valence-electron chi connectivity index (χ2n) is 6.35. The number of rotatable bonds is 5. The SMILES string of the molecule is Cc1ccc(C(Cc2ccc(C(C)C)cc2)C(=O)O)c(C)c1. The highest BCUT2D eigenvalue weighted by Gasteiger charge is 2.22. The fourth-order valence-electron chi connectivity index (χ4n) is 2.82. The zero-order valence-electron chi connectivity index (χ0n) is 13.8. The lowest BCUT2D eigenvalue weighted by Gasteiger charge is -2.16. The van der Waals surface area contributed by atoms with E-state index in [1.807, 2.05) is 32.0 Å². The Hall–Kier alpha value is -2.09. The number of carboxylic acids is 1. The summed E-state index contributed by atoms with van der Waals surface area (Å²) in [4.78, 5) is 11.7. The molecule has 2 aromatic rings. The Morgan fingerprint density at radius 1 is 1.05 bits per heavy atom. The summed E-state index contributed by atoms with van der Waals surface area (Å²) in [6, 6.07) is 14.3. The van der Waals surface area contributed by atoms with Gasteiger partial charge in [-0.05, 0) is 48.4 Å². The Kier molecular flexibility index (Phi) is 5.02. The lowest BCUT2D eigenvalue weighted by Crippen LogP contribution is -2.15. The summed E-state index contributed by atoms with van der Waals surface area (Å²) in [5.74, 6) is -0.769. The molecule has 2 aromatic carbocycles. The molecule has 2 heteroatoms. The molecular formula is C20H24O2. The lowest BCUT2D eigenvalue weighted by atomic mass is 9.88. The second kappa shape index (κ2) is 6.78. The average Bonchev–Trinajstić information content (AvgIpc) is 2.45. The first-order valence-corrected chi connectivity index (χ1v) is 7.77. The fraction of sp³-hybridized carbons (Fsp3) is 0.350. The van der Waals surface area contributed by atoms with E-state index in [0.29, 0.717) is 12.3 Å². The summed E-state index contributed by atoms with van der Waals surface area (Å²) in [5, 5.41) is 9.62. The zero-order chi connectivity index (χ0) is 16.3. The van der Waals surface area contributed by atoms with Crippen molar-refractivity contribution in [2.75, 3.05) is 0 Å². The molecule has 0 saturated carbocycles. The predicted octanol–water partition coefficient (Wildman–Crippen LogP) is 4.84. The van der Waals surface area contributed by atoms with Gasteiger partial charge in [0, 0.05) is 0 Å². The summed E-state index contributed by atoms with van der Waals surface area (Å²) in [7, 11) is 0. The third-order valence-electron chi connectivity index (χ3n) is 4.19. The van der Waals surface area contributed by atoms with Gasteiger partial charge in [0.25, 0.3) is 0 Å². The third-order valence-corrected chi connectivity index (χ3v) is 4.19. The van der Waals surface area contributed by atoms with Crippen LogP contribution < -0.4 is 0 Å². The molecule has 1 N–H and O–H groups in total. The zero-order valence-corrected chi connectivity index (χ0v) is 13.8. The Bertz CT molecular complexity index is 654. The van der Waals surface area contributed by atoms with Crippen LogP contribution in [0.15, 0.2) is 42.5 Å². The van der Waals surface area contributed by atoms with Gasteiger partial charge in [-0.15, -0.1) is 0 Å².